The van der Waals surface area contributed by atoms with E-state index in [1.54, 1.807) is 4.68 Å². The maximum atomic E-state index is 11.1. The molecule has 1 aromatic heterocycles. The summed E-state index contributed by atoms with van der Waals surface area (Å²) in [7, 11) is 0. The number of carboxylic acids is 1. The number of nitrogen functional groups attached to an aromatic ring is 1. The van der Waals surface area contributed by atoms with Crippen LogP contribution in [0.15, 0.2) is 6.20 Å². The van der Waals surface area contributed by atoms with Crippen LogP contribution in [0.4, 0.5) is 5.82 Å². The third-order valence-electron chi connectivity index (χ3n) is 5.76. The van der Waals surface area contributed by atoms with Gasteiger partial charge in [-0.1, -0.05) is 0 Å². The Morgan fingerprint density at radius 2 is 1.85 bits per heavy atom. The molecule has 0 radical (unpaired) electrons. The Bertz CT molecular complexity index is 528. The molecule has 1 aromatic rings. The molecule has 1 heterocycles. The first-order chi connectivity index (χ1) is 9.55. The number of anilines is 1. The lowest BCUT2D eigenvalue weighted by molar-refractivity contribution is -0.0632. The molecule has 0 amide bonds. The third kappa shape index (κ3) is 1.75. The number of aromatic nitrogens is 2. The fraction of sp³-hybridized carbons (Fsp3) is 0.733. The molecule has 0 saturated heterocycles. The van der Waals surface area contributed by atoms with Crippen LogP contribution in [0.1, 0.15) is 48.9 Å². The van der Waals surface area contributed by atoms with E-state index in [9.17, 15) is 4.79 Å². The van der Waals surface area contributed by atoms with Crippen molar-refractivity contribution in [2.45, 2.75) is 45.1 Å². The van der Waals surface area contributed by atoms with Crippen LogP contribution >= 0.6 is 0 Å². The lowest BCUT2D eigenvalue weighted by Crippen LogP contribution is -2.48. The van der Waals surface area contributed by atoms with Gasteiger partial charge in [0.05, 0.1) is 6.20 Å². The van der Waals surface area contributed by atoms with Crippen LogP contribution < -0.4 is 5.73 Å². The second-order valence-corrected chi connectivity index (χ2v) is 7.32. The standard InChI is InChI=1S/C15H21N3O2/c16-13-12(14(19)20)7-17-18(13)8-15-4-9-1-10(5-15)3-11(2-9)6-15/h7,9-11H,1-6,8,16H2,(H,19,20). The molecule has 108 valence electrons. The zero-order chi connectivity index (χ0) is 13.9. The van der Waals surface area contributed by atoms with Gasteiger partial charge in [0.15, 0.2) is 0 Å². The first-order valence-corrected chi connectivity index (χ1v) is 7.59. The molecule has 4 saturated carbocycles. The van der Waals surface area contributed by atoms with Gasteiger partial charge in [-0.25, -0.2) is 9.48 Å². The number of aromatic carboxylic acids is 1. The average Bonchev–Trinajstić information content (AvgIpc) is 2.68. The summed E-state index contributed by atoms with van der Waals surface area (Å²) in [5.41, 5.74) is 6.41. The van der Waals surface area contributed by atoms with Crippen LogP contribution in [0, 0.1) is 23.2 Å². The molecule has 4 aliphatic rings. The zero-order valence-electron chi connectivity index (χ0n) is 11.6. The van der Waals surface area contributed by atoms with Gasteiger partial charge in [-0.3, -0.25) is 0 Å². The third-order valence-corrected chi connectivity index (χ3v) is 5.76. The molecule has 0 spiro atoms. The number of carboxylic acid groups (broad SMARTS) is 1. The molecule has 4 aliphatic carbocycles. The fourth-order valence-corrected chi connectivity index (χ4v) is 5.49. The number of rotatable bonds is 3. The van der Waals surface area contributed by atoms with Crippen molar-refractivity contribution in [3.63, 3.8) is 0 Å². The maximum Gasteiger partial charge on any atom is 0.341 e. The lowest BCUT2D eigenvalue weighted by atomic mass is 9.49. The van der Waals surface area contributed by atoms with E-state index in [0.29, 0.717) is 11.2 Å². The van der Waals surface area contributed by atoms with E-state index >= 15 is 0 Å². The van der Waals surface area contributed by atoms with Crippen molar-refractivity contribution in [1.29, 1.82) is 0 Å². The van der Waals surface area contributed by atoms with Crippen LogP contribution in [-0.4, -0.2) is 20.9 Å². The van der Waals surface area contributed by atoms with E-state index in [0.717, 1.165) is 24.3 Å². The SMILES string of the molecule is Nc1c(C(=O)O)cnn1CC12CC3CC(CC(C3)C1)C2. The molecular weight excluding hydrogens is 254 g/mol. The number of carbonyl (C=O) groups is 1. The van der Waals surface area contributed by atoms with Gasteiger partial charge in [0.25, 0.3) is 0 Å². The Balaban J connectivity index is 1.61. The fourth-order valence-electron chi connectivity index (χ4n) is 5.49. The van der Waals surface area contributed by atoms with E-state index in [1.807, 2.05) is 0 Å². The Hall–Kier alpha value is -1.52. The van der Waals surface area contributed by atoms with Crippen molar-refractivity contribution in [1.82, 2.24) is 9.78 Å². The van der Waals surface area contributed by atoms with Crippen molar-refractivity contribution in [3.05, 3.63) is 11.8 Å². The van der Waals surface area contributed by atoms with Crippen LogP contribution in [0.25, 0.3) is 0 Å². The molecule has 5 nitrogen and oxygen atoms in total. The minimum Gasteiger partial charge on any atom is -0.477 e. The number of nitrogens with two attached hydrogens (primary N) is 1. The Kier molecular flexibility index (Phi) is 2.44. The van der Waals surface area contributed by atoms with Crippen LogP contribution in [0.2, 0.25) is 0 Å². The number of hydrogen-bond donors (Lipinski definition) is 2. The van der Waals surface area contributed by atoms with Crippen LogP contribution in [-0.2, 0) is 6.54 Å². The minimum absolute atomic E-state index is 0.134. The summed E-state index contributed by atoms with van der Waals surface area (Å²) < 4.78 is 1.73. The summed E-state index contributed by atoms with van der Waals surface area (Å²) in [6, 6.07) is 0. The van der Waals surface area contributed by atoms with Gasteiger partial charge in [0.1, 0.15) is 11.4 Å². The molecule has 3 N–H and O–H groups in total. The summed E-state index contributed by atoms with van der Waals surface area (Å²) in [5.74, 6) is 1.98. The highest BCUT2D eigenvalue weighted by molar-refractivity contribution is 5.92. The normalized spacial score (nSPS) is 38.3. The highest BCUT2D eigenvalue weighted by Crippen LogP contribution is 2.60. The smallest absolute Gasteiger partial charge is 0.341 e. The van der Waals surface area contributed by atoms with E-state index in [4.69, 9.17) is 10.8 Å². The predicted octanol–water partition coefficient (Wildman–Crippen LogP) is 2.38. The first kappa shape index (κ1) is 12.2. The van der Waals surface area contributed by atoms with E-state index < -0.39 is 5.97 Å². The predicted molar refractivity (Wildman–Crippen MR) is 74.2 cm³/mol. The summed E-state index contributed by atoms with van der Waals surface area (Å²) in [4.78, 5) is 11.1. The summed E-state index contributed by atoms with van der Waals surface area (Å²) >= 11 is 0. The van der Waals surface area contributed by atoms with Crippen molar-refractivity contribution < 1.29 is 9.90 Å². The quantitative estimate of drug-likeness (QED) is 0.887. The average molecular weight is 275 g/mol. The molecule has 0 unspecified atom stereocenters. The van der Waals surface area contributed by atoms with Gasteiger partial charge in [-0.15, -0.1) is 0 Å². The first-order valence-electron chi connectivity index (χ1n) is 7.59. The van der Waals surface area contributed by atoms with Gasteiger partial charge < -0.3 is 10.8 Å². The van der Waals surface area contributed by atoms with Crippen LogP contribution in [0.5, 0.6) is 0 Å². The summed E-state index contributed by atoms with van der Waals surface area (Å²) in [6.07, 6.45) is 9.46. The minimum atomic E-state index is -0.987. The molecule has 4 bridgehead atoms. The summed E-state index contributed by atoms with van der Waals surface area (Å²) in [6.45, 7) is 0.801. The molecule has 0 aromatic carbocycles. The van der Waals surface area contributed by atoms with Crippen molar-refractivity contribution >= 4 is 11.8 Å². The highest BCUT2D eigenvalue weighted by atomic mass is 16.4. The highest BCUT2D eigenvalue weighted by Gasteiger charge is 2.51. The summed E-state index contributed by atoms with van der Waals surface area (Å²) in [5, 5.41) is 13.3. The Labute approximate surface area is 118 Å². The van der Waals surface area contributed by atoms with Crippen molar-refractivity contribution in [2.75, 3.05) is 5.73 Å². The Morgan fingerprint density at radius 3 is 2.30 bits per heavy atom. The maximum absolute atomic E-state index is 11.1. The van der Waals surface area contributed by atoms with Gasteiger partial charge >= 0.3 is 5.97 Å². The van der Waals surface area contributed by atoms with Crippen molar-refractivity contribution in [2.24, 2.45) is 23.2 Å². The van der Waals surface area contributed by atoms with Crippen molar-refractivity contribution in [3.8, 4) is 0 Å². The Morgan fingerprint density at radius 1 is 1.30 bits per heavy atom. The molecule has 0 aliphatic heterocycles. The van der Waals surface area contributed by atoms with E-state index in [-0.39, 0.29) is 5.56 Å². The molecule has 20 heavy (non-hydrogen) atoms. The second kappa shape index (κ2) is 3.99. The topological polar surface area (TPSA) is 81.1 Å². The monoisotopic (exact) mass is 275 g/mol. The zero-order valence-corrected chi connectivity index (χ0v) is 11.6. The van der Waals surface area contributed by atoms with Crippen LogP contribution in [0.3, 0.4) is 0 Å². The molecule has 4 fully saturated rings. The lowest BCUT2D eigenvalue weighted by Gasteiger charge is -2.56. The second-order valence-electron chi connectivity index (χ2n) is 7.32. The van der Waals surface area contributed by atoms with Gasteiger partial charge in [-0.05, 0) is 61.7 Å². The van der Waals surface area contributed by atoms with Gasteiger partial charge in [-0.2, -0.15) is 5.10 Å². The molecule has 5 heteroatoms. The van der Waals surface area contributed by atoms with E-state index in [2.05, 4.69) is 5.10 Å². The molecular formula is C15H21N3O2. The number of nitrogens with zero attached hydrogens (tertiary/aromatic N) is 2. The van der Waals surface area contributed by atoms with E-state index in [1.165, 1.54) is 44.7 Å². The van der Waals surface area contributed by atoms with Gasteiger partial charge in [0.2, 0.25) is 0 Å². The number of hydrogen-bond acceptors (Lipinski definition) is 3. The molecule has 5 rings (SSSR count). The largest absolute Gasteiger partial charge is 0.477 e. The molecule has 0 atom stereocenters. The van der Waals surface area contributed by atoms with Gasteiger partial charge in [0, 0.05) is 6.54 Å².